The van der Waals surface area contributed by atoms with E-state index in [1.54, 1.807) is 34.4 Å². The minimum atomic E-state index is -0.149. The molecule has 1 saturated heterocycles. The lowest BCUT2D eigenvalue weighted by molar-refractivity contribution is 0.0709. The molecule has 1 aromatic heterocycles. The number of fused-ring (bicyclic) bond motifs is 1. The summed E-state index contributed by atoms with van der Waals surface area (Å²) in [5.74, 6) is 0.466. The highest BCUT2D eigenvalue weighted by Crippen LogP contribution is 2.35. The van der Waals surface area contributed by atoms with Crippen LogP contribution in [0.1, 0.15) is 34.1 Å². The number of carbonyl (C=O) groups is 1. The number of hydrogen-bond acceptors (Lipinski definition) is 5. The van der Waals surface area contributed by atoms with Gasteiger partial charge in [0.25, 0.3) is 5.91 Å². The first-order chi connectivity index (χ1) is 12.7. The van der Waals surface area contributed by atoms with Crippen molar-refractivity contribution < 1.29 is 14.6 Å². The maximum absolute atomic E-state index is 12.8. The highest BCUT2D eigenvalue weighted by Gasteiger charge is 2.28. The molecule has 26 heavy (non-hydrogen) atoms. The largest absolute Gasteiger partial charge is 0.504 e. The zero-order valence-corrected chi connectivity index (χ0v) is 15.3. The fourth-order valence-electron chi connectivity index (χ4n) is 3.42. The average Bonchev–Trinajstić information content (AvgIpc) is 3.12. The molecule has 6 heteroatoms. The van der Waals surface area contributed by atoms with Crippen molar-refractivity contribution in [1.82, 2.24) is 9.88 Å². The molecule has 3 aromatic rings. The number of thiazole rings is 1. The molecule has 2 aromatic carbocycles. The minimum absolute atomic E-state index is 0.0895. The second-order valence-corrected chi connectivity index (χ2v) is 7.50. The standard InChI is InChI=1S/C20H20N2O3S/c1-25-16-7-4-5-14(18(16)23)20(24)22-11-9-13(10-12-22)19-21-15-6-2-3-8-17(15)26-19/h2-8,13,23H,9-12H2,1H3. The molecule has 1 aliphatic heterocycles. The molecular weight excluding hydrogens is 348 g/mol. The Morgan fingerprint density at radius 1 is 1.19 bits per heavy atom. The van der Waals surface area contributed by atoms with Crippen molar-refractivity contribution in [2.24, 2.45) is 0 Å². The Morgan fingerprint density at radius 2 is 1.96 bits per heavy atom. The van der Waals surface area contributed by atoms with Crippen LogP contribution in [0.3, 0.4) is 0 Å². The maximum Gasteiger partial charge on any atom is 0.257 e. The molecule has 0 atom stereocenters. The summed E-state index contributed by atoms with van der Waals surface area (Å²) in [6.45, 7) is 1.33. The van der Waals surface area contributed by atoms with E-state index in [-0.39, 0.29) is 11.7 Å². The normalized spacial score (nSPS) is 15.3. The van der Waals surface area contributed by atoms with Gasteiger partial charge in [0.2, 0.25) is 0 Å². The van der Waals surface area contributed by atoms with Crippen LogP contribution in [0.4, 0.5) is 0 Å². The maximum atomic E-state index is 12.8. The minimum Gasteiger partial charge on any atom is -0.504 e. The molecular formula is C20H20N2O3S. The number of hydrogen-bond donors (Lipinski definition) is 1. The van der Waals surface area contributed by atoms with Gasteiger partial charge in [-0.3, -0.25) is 4.79 Å². The molecule has 1 N–H and O–H groups in total. The van der Waals surface area contributed by atoms with Crippen molar-refractivity contribution in [3.8, 4) is 11.5 Å². The lowest BCUT2D eigenvalue weighted by atomic mass is 9.97. The Balaban J connectivity index is 1.47. The molecule has 1 fully saturated rings. The van der Waals surface area contributed by atoms with Crippen molar-refractivity contribution in [3.05, 3.63) is 53.0 Å². The molecule has 134 valence electrons. The molecule has 0 unspecified atom stereocenters. The van der Waals surface area contributed by atoms with Crippen LogP contribution in [0.5, 0.6) is 11.5 Å². The van der Waals surface area contributed by atoms with Gasteiger partial charge in [-0.1, -0.05) is 18.2 Å². The van der Waals surface area contributed by atoms with Crippen LogP contribution in [0.2, 0.25) is 0 Å². The summed E-state index contributed by atoms with van der Waals surface area (Å²) in [6, 6.07) is 13.2. The van der Waals surface area contributed by atoms with Crippen LogP contribution >= 0.6 is 11.3 Å². The number of aromatic hydroxyl groups is 1. The topological polar surface area (TPSA) is 62.7 Å². The van der Waals surface area contributed by atoms with Crippen LogP contribution in [0.15, 0.2) is 42.5 Å². The van der Waals surface area contributed by atoms with Gasteiger partial charge in [-0.25, -0.2) is 4.98 Å². The molecule has 5 nitrogen and oxygen atoms in total. The van der Waals surface area contributed by atoms with Crippen LogP contribution in [0, 0.1) is 0 Å². The van der Waals surface area contributed by atoms with E-state index < -0.39 is 0 Å². The second kappa shape index (κ2) is 6.96. The molecule has 2 heterocycles. The number of ether oxygens (including phenoxy) is 1. The summed E-state index contributed by atoms with van der Waals surface area (Å²) >= 11 is 1.75. The van der Waals surface area contributed by atoms with Gasteiger partial charge in [0.05, 0.1) is 27.9 Å². The molecule has 0 aliphatic carbocycles. The Bertz CT molecular complexity index is 912. The first-order valence-electron chi connectivity index (χ1n) is 8.68. The van der Waals surface area contributed by atoms with Gasteiger partial charge in [0.1, 0.15) is 0 Å². The Kier molecular flexibility index (Phi) is 4.51. The Morgan fingerprint density at radius 3 is 2.69 bits per heavy atom. The summed E-state index contributed by atoms with van der Waals surface area (Å²) in [5, 5.41) is 11.4. The quantitative estimate of drug-likeness (QED) is 0.758. The third-order valence-electron chi connectivity index (χ3n) is 4.89. The number of para-hydroxylation sites is 2. The zero-order valence-electron chi connectivity index (χ0n) is 14.5. The Labute approximate surface area is 155 Å². The van der Waals surface area contributed by atoms with Crippen LogP contribution in [-0.4, -0.2) is 41.1 Å². The van der Waals surface area contributed by atoms with E-state index in [0.29, 0.717) is 30.3 Å². The summed E-state index contributed by atoms with van der Waals surface area (Å²) in [4.78, 5) is 19.3. The lowest BCUT2D eigenvalue weighted by Gasteiger charge is -2.31. The van der Waals surface area contributed by atoms with E-state index in [9.17, 15) is 9.90 Å². The molecule has 1 amide bonds. The summed E-state index contributed by atoms with van der Waals surface area (Å²) in [6.07, 6.45) is 1.77. The number of phenolic OH excluding ortho intramolecular Hbond substituents is 1. The number of rotatable bonds is 3. The van der Waals surface area contributed by atoms with Gasteiger partial charge in [-0.05, 0) is 37.1 Å². The molecule has 1 aliphatic rings. The number of methoxy groups -OCH3 is 1. The number of carbonyl (C=O) groups excluding carboxylic acids is 1. The van der Waals surface area contributed by atoms with E-state index >= 15 is 0 Å². The van der Waals surface area contributed by atoms with Crippen molar-refractivity contribution in [3.63, 3.8) is 0 Å². The van der Waals surface area contributed by atoms with Crippen LogP contribution in [-0.2, 0) is 0 Å². The number of phenols is 1. The molecule has 4 rings (SSSR count). The fourth-order valence-corrected chi connectivity index (χ4v) is 4.56. The Hall–Kier alpha value is -2.60. The van der Waals surface area contributed by atoms with E-state index in [2.05, 4.69) is 6.07 Å². The predicted octanol–water partition coefficient (Wildman–Crippen LogP) is 4.03. The third-order valence-corrected chi connectivity index (χ3v) is 6.09. The van der Waals surface area contributed by atoms with E-state index in [1.165, 1.54) is 11.8 Å². The van der Waals surface area contributed by atoms with E-state index in [4.69, 9.17) is 9.72 Å². The van der Waals surface area contributed by atoms with Gasteiger partial charge in [0.15, 0.2) is 11.5 Å². The SMILES string of the molecule is COc1cccc(C(=O)N2CCC(c3nc4ccccc4s3)CC2)c1O. The summed E-state index contributed by atoms with van der Waals surface area (Å²) < 4.78 is 6.31. The monoisotopic (exact) mass is 368 g/mol. The summed E-state index contributed by atoms with van der Waals surface area (Å²) in [5.41, 5.74) is 1.34. The molecule has 0 bridgehead atoms. The molecule has 0 saturated carbocycles. The van der Waals surface area contributed by atoms with Crippen molar-refractivity contribution in [1.29, 1.82) is 0 Å². The van der Waals surface area contributed by atoms with Gasteiger partial charge in [-0.2, -0.15) is 0 Å². The first-order valence-corrected chi connectivity index (χ1v) is 9.49. The van der Waals surface area contributed by atoms with Gasteiger partial charge in [0, 0.05) is 19.0 Å². The number of benzene rings is 2. The summed E-state index contributed by atoms with van der Waals surface area (Å²) in [7, 11) is 1.48. The number of aromatic nitrogens is 1. The van der Waals surface area contributed by atoms with Gasteiger partial charge < -0.3 is 14.7 Å². The van der Waals surface area contributed by atoms with E-state index in [0.717, 1.165) is 23.4 Å². The predicted molar refractivity (Wildman–Crippen MR) is 102 cm³/mol. The number of piperidine rings is 1. The second-order valence-electron chi connectivity index (χ2n) is 6.44. The third kappa shape index (κ3) is 3.01. The van der Waals surface area contributed by atoms with Crippen molar-refractivity contribution in [2.45, 2.75) is 18.8 Å². The van der Waals surface area contributed by atoms with Crippen LogP contribution < -0.4 is 4.74 Å². The number of likely N-dealkylation sites (tertiary alicyclic amines) is 1. The fraction of sp³-hybridized carbons (Fsp3) is 0.300. The molecule has 0 spiro atoms. The van der Waals surface area contributed by atoms with Gasteiger partial charge in [-0.15, -0.1) is 11.3 Å². The average molecular weight is 368 g/mol. The number of amides is 1. The highest BCUT2D eigenvalue weighted by molar-refractivity contribution is 7.18. The highest BCUT2D eigenvalue weighted by atomic mass is 32.1. The smallest absolute Gasteiger partial charge is 0.257 e. The zero-order chi connectivity index (χ0) is 18.1. The van der Waals surface area contributed by atoms with Gasteiger partial charge >= 0.3 is 0 Å². The molecule has 0 radical (unpaired) electrons. The first kappa shape index (κ1) is 16.8. The van der Waals surface area contributed by atoms with Crippen molar-refractivity contribution in [2.75, 3.05) is 20.2 Å². The van der Waals surface area contributed by atoms with Crippen LogP contribution in [0.25, 0.3) is 10.2 Å². The number of nitrogens with zero attached hydrogens (tertiary/aromatic N) is 2. The lowest BCUT2D eigenvalue weighted by Crippen LogP contribution is -2.37. The van der Waals surface area contributed by atoms with E-state index in [1.807, 2.05) is 18.2 Å². The van der Waals surface area contributed by atoms with Crippen molar-refractivity contribution >= 4 is 27.5 Å².